The van der Waals surface area contributed by atoms with E-state index in [9.17, 15) is 28.0 Å². The zero-order chi connectivity index (χ0) is 34.8. The van der Waals surface area contributed by atoms with Crippen molar-refractivity contribution in [1.29, 1.82) is 5.26 Å². The molecule has 5 aromatic rings. The van der Waals surface area contributed by atoms with Gasteiger partial charge < -0.3 is 14.4 Å². The molecule has 1 saturated heterocycles. The summed E-state index contributed by atoms with van der Waals surface area (Å²) in [6.45, 7) is 1.54. The van der Waals surface area contributed by atoms with Crippen LogP contribution in [0.4, 0.5) is 13.2 Å². The summed E-state index contributed by atoms with van der Waals surface area (Å²) in [7, 11) is 0. The Hall–Kier alpha value is -5.64. The number of aromatic nitrogens is 1. The van der Waals surface area contributed by atoms with Gasteiger partial charge in [-0.05, 0) is 47.0 Å². The van der Waals surface area contributed by atoms with E-state index in [2.05, 4.69) is 29.2 Å². The van der Waals surface area contributed by atoms with Crippen LogP contribution in [0.2, 0.25) is 0 Å². The summed E-state index contributed by atoms with van der Waals surface area (Å²) in [6.07, 6.45) is -3.31. The lowest BCUT2D eigenvalue weighted by Gasteiger charge is -2.39. The first-order valence-electron chi connectivity index (χ1n) is 15.8. The monoisotopic (exact) mass is 694 g/mol. The van der Waals surface area contributed by atoms with E-state index in [1.54, 1.807) is 18.2 Å². The largest absolute Gasteiger partial charge is 0.454 e. The molecule has 0 unspecified atom stereocenters. The molecular formula is C38H29F3N4O4S. The zero-order valence-corrected chi connectivity index (χ0v) is 27.3. The lowest BCUT2D eigenvalue weighted by Crippen LogP contribution is -2.50. The molecule has 3 heterocycles. The SMILES string of the molecule is N#CC(C(=O)N1CCN(C(c2ccccc2)c2ccccc2)CC1)=c1sc(=Cc2ccc3c(c2)OCO3)c(=O)n1-c1ccccc1C(F)(F)F. The molecule has 50 heavy (non-hydrogen) atoms. The summed E-state index contributed by atoms with van der Waals surface area (Å²) in [4.78, 5) is 31.9. The van der Waals surface area contributed by atoms with Gasteiger partial charge in [0.1, 0.15) is 10.7 Å². The number of para-hydroxylation sites is 1. The van der Waals surface area contributed by atoms with Gasteiger partial charge in [-0.15, -0.1) is 11.3 Å². The van der Waals surface area contributed by atoms with Crippen LogP contribution in [0.25, 0.3) is 17.3 Å². The van der Waals surface area contributed by atoms with Crippen molar-refractivity contribution < 1.29 is 27.4 Å². The van der Waals surface area contributed by atoms with Crippen molar-refractivity contribution in [1.82, 2.24) is 14.4 Å². The van der Waals surface area contributed by atoms with Crippen LogP contribution < -0.4 is 24.2 Å². The van der Waals surface area contributed by atoms with Gasteiger partial charge in [0, 0.05) is 26.2 Å². The molecule has 1 aromatic heterocycles. The molecule has 0 atom stereocenters. The van der Waals surface area contributed by atoms with Crippen LogP contribution >= 0.6 is 11.3 Å². The Morgan fingerprint density at radius 2 is 1.46 bits per heavy atom. The fourth-order valence-corrected chi connectivity index (χ4v) is 7.43. The summed E-state index contributed by atoms with van der Waals surface area (Å²) < 4.78 is 54.3. The Kier molecular flexibility index (Phi) is 9.01. The van der Waals surface area contributed by atoms with Gasteiger partial charge in [0.25, 0.3) is 11.5 Å². The Morgan fingerprint density at radius 1 is 0.840 bits per heavy atom. The second-order valence-electron chi connectivity index (χ2n) is 11.7. The van der Waals surface area contributed by atoms with Gasteiger partial charge in [0.2, 0.25) is 6.79 Å². The molecule has 7 rings (SSSR count). The first kappa shape index (κ1) is 32.9. The lowest BCUT2D eigenvalue weighted by atomic mass is 9.96. The smallest absolute Gasteiger partial charge is 0.418 e. The first-order valence-corrected chi connectivity index (χ1v) is 16.6. The predicted octanol–water partition coefficient (Wildman–Crippen LogP) is 5.08. The summed E-state index contributed by atoms with van der Waals surface area (Å²) >= 11 is 0.791. The number of carbonyl (C=O) groups excluding carboxylic acids is 1. The van der Waals surface area contributed by atoms with Gasteiger partial charge in [-0.2, -0.15) is 18.4 Å². The number of fused-ring (bicyclic) bond motifs is 1. The van der Waals surface area contributed by atoms with Crippen molar-refractivity contribution in [2.75, 3.05) is 33.0 Å². The molecule has 2 aliphatic rings. The van der Waals surface area contributed by atoms with Crippen LogP contribution in [0.5, 0.6) is 11.5 Å². The molecule has 252 valence electrons. The molecule has 0 aliphatic carbocycles. The molecule has 0 bridgehead atoms. The topological polar surface area (TPSA) is 87.8 Å². The highest BCUT2D eigenvalue weighted by Crippen LogP contribution is 2.34. The lowest BCUT2D eigenvalue weighted by molar-refractivity contribution is -0.137. The predicted molar refractivity (Wildman–Crippen MR) is 182 cm³/mol. The number of amides is 1. The van der Waals surface area contributed by atoms with E-state index in [1.807, 2.05) is 42.5 Å². The minimum atomic E-state index is -4.81. The number of hydrogen-bond acceptors (Lipinski definition) is 7. The zero-order valence-electron chi connectivity index (χ0n) is 26.5. The summed E-state index contributed by atoms with van der Waals surface area (Å²) in [5.74, 6) is 0.325. The third kappa shape index (κ3) is 6.41. The standard InChI is InChI=1S/C38H29F3N4O4S/c39-38(40,41)29-13-7-8-14-30(29)45-36(47)33(22-25-15-16-31-32(21-25)49-24-48-31)50-37(45)28(23-42)35(46)44-19-17-43(18-20-44)34(26-9-3-1-4-10-26)27-11-5-2-6-12-27/h1-16,21-22,34H,17-20,24H2. The number of alkyl halides is 3. The summed E-state index contributed by atoms with van der Waals surface area (Å²) in [5, 5.41) is 10.4. The quantitative estimate of drug-likeness (QED) is 0.247. The highest BCUT2D eigenvalue weighted by Gasteiger charge is 2.35. The average Bonchev–Trinajstić information content (AvgIpc) is 3.73. The molecule has 1 amide bonds. The number of piperazine rings is 1. The number of hydrogen-bond donors (Lipinski definition) is 0. The Labute approximate surface area is 288 Å². The molecule has 2 aliphatic heterocycles. The maximum atomic E-state index is 14.3. The van der Waals surface area contributed by atoms with Gasteiger partial charge >= 0.3 is 6.18 Å². The van der Waals surface area contributed by atoms with E-state index in [0.717, 1.165) is 39.2 Å². The molecule has 0 spiro atoms. The molecule has 8 nitrogen and oxygen atoms in total. The number of nitriles is 1. The van der Waals surface area contributed by atoms with E-state index < -0.39 is 34.5 Å². The number of halogens is 3. The van der Waals surface area contributed by atoms with Gasteiger partial charge in [-0.3, -0.25) is 19.1 Å². The van der Waals surface area contributed by atoms with Crippen LogP contribution in [0.3, 0.4) is 0 Å². The normalized spacial score (nSPS) is 15.7. The maximum Gasteiger partial charge on any atom is 0.418 e. The van der Waals surface area contributed by atoms with Gasteiger partial charge in [-0.1, -0.05) is 78.9 Å². The minimum absolute atomic E-state index is 0.0368. The second kappa shape index (κ2) is 13.7. The number of nitrogens with zero attached hydrogens (tertiary/aromatic N) is 4. The number of carbonyl (C=O) groups is 1. The van der Waals surface area contributed by atoms with Crippen LogP contribution in [-0.4, -0.2) is 53.2 Å². The Bertz CT molecular complexity index is 2230. The Morgan fingerprint density at radius 3 is 2.10 bits per heavy atom. The minimum Gasteiger partial charge on any atom is -0.454 e. The number of rotatable bonds is 6. The molecule has 0 saturated carbocycles. The maximum absolute atomic E-state index is 14.3. The molecular weight excluding hydrogens is 666 g/mol. The highest BCUT2D eigenvalue weighted by atomic mass is 32.1. The molecule has 1 fully saturated rings. The molecule has 4 aromatic carbocycles. The van der Waals surface area contributed by atoms with Crippen LogP contribution in [0.15, 0.2) is 108 Å². The van der Waals surface area contributed by atoms with Crippen molar-refractivity contribution in [3.05, 3.63) is 145 Å². The fourth-order valence-electron chi connectivity index (χ4n) is 6.34. The highest BCUT2D eigenvalue weighted by molar-refractivity contribution is 7.07. The molecule has 0 radical (unpaired) electrons. The van der Waals surface area contributed by atoms with Crippen LogP contribution in [-0.2, 0) is 11.0 Å². The first-order chi connectivity index (χ1) is 24.2. The third-order valence-electron chi connectivity index (χ3n) is 8.71. The van der Waals surface area contributed by atoms with E-state index in [4.69, 9.17) is 9.47 Å². The van der Waals surface area contributed by atoms with Crippen molar-refractivity contribution in [3.8, 4) is 23.3 Å². The van der Waals surface area contributed by atoms with Crippen molar-refractivity contribution in [3.63, 3.8) is 0 Å². The molecule has 0 N–H and O–H groups in total. The van der Waals surface area contributed by atoms with Crippen LogP contribution in [0, 0.1) is 11.3 Å². The van der Waals surface area contributed by atoms with E-state index in [1.165, 1.54) is 23.1 Å². The number of ether oxygens (including phenoxy) is 2. The van der Waals surface area contributed by atoms with Gasteiger partial charge in [0.05, 0.1) is 21.8 Å². The summed E-state index contributed by atoms with van der Waals surface area (Å²) in [6, 6.07) is 31.6. The fraction of sp³-hybridized carbons (Fsp3) is 0.184. The van der Waals surface area contributed by atoms with E-state index in [-0.39, 0.29) is 35.1 Å². The number of thiazole rings is 1. The third-order valence-corrected chi connectivity index (χ3v) is 9.80. The van der Waals surface area contributed by atoms with E-state index >= 15 is 0 Å². The van der Waals surface area contributed by atoms with Gasteiger partial charge in [-0.25, -0.2) is 0 Å². The van der Waals surface area contributed by atoms with Crippen LogP contribution in [0.1, 0.15) is 28.3 Å². The van der Waals surface area contributed by atoms with E-state index in [0.29, 0.717) is 30.2 Å². The summed E-state index contributed by atoms with van der Waals surface area (Å²) in [5.41, 5.74) is -0.0195. The van der Waals surface area contributed by atoms with Crippen molar-refractivity contribution in [2.45, 2.75) is 12.2 Å². The average molecular weight is 695 g/mol. The number of benzene rings is 4. The second-order valence-corrected chi connectivity index (χ2v) is 12.8. The van der Waals surface area contributed by atoms with Gasteiger partial charge in [0.15, 0.2) is 17.1 Å². The molecule has 12 heteroatoms. The van der Waals surface area contributed by atoms with Crippen molar-refractivity contribution >= 4 is 28.9 Å². The Balaban J connectivity index is 1.29. The van der Waals surface area contributed by atoms with Crippen molar-refractivity contribution in [2.24, 2.45) is 0 Å².